The van der Waals surface area contributed by atoms with Crippen molar-refractivity contribution in [3.05, 3.63) is 58.7 Å². The summed E-state index contributed by atoms with van der Waals surface area (Å²) in [6.07, 6.45) is -2.46. The van der Waals surface area contributed by atoms with Gasteiger partial charge in [-0.15, -0.1) is 10.2 Å². The average Bonchev–Trinajstić information content (AvgIpc) is 3.56. The molecule has 0 unspecified atom stereocenters. The lowest BCUT2D eigenvalue weighted by Gasteiger charge is -2.17. The standard InChI is InChI=1S/C23H20F4N4O6S/c1-11-15(19(32)29-12-5-4-6-13(9-12)38(3,34)35)20(31-30-18(11)23(25,26)27)37-21-17(36-2)16(24)14(10-28-21)22(33)7-8-22/h4-6,9-10,33H,7-8H2,1-3H3,(H,29,32). The van der Waals surface area contributed by atoms with Crippen molar-refractivity contribution < 1.29 is 45.4 Å². The Labute approximate surface area is 213 Å². The van der Waals surface area contributed by atoms with Crippen LogP contribution in [0.2, 0.25) is 0 Å². The zero-order valence-corrected chi connectivity index (χ0v) is 20.9. The Morgan fingerprint density at radius 1 is 1.18 bits per heavy atom. The molecule has 38 heavy (non-hydrogen) atoms. The molecule has 10 nitrogen and oxygen atoms in total. The van der Waals surface area contributed by atoms with Crippen molar-refractivity contribution in [2.45, 2.75) is 36.4 Å². The van der Waals surface area contributed by atoms with Gasteiger partial charge in [-0.05, 0) is 43.5 Å². The van der Waals surface area contributed by atoms with Gasteiger partial charge in [0.1, 0.15) is 5.56 Å². The Hall–Kier alpha value is -3.85. The van der Waals surface area contributed by atoms with Crippen LogP contribution in [0.1, 0.15) is 40.0 Å². The molecule has 1 fully saturated rings. The molecule has 15 heteroatoms. The number of hydrogen-bond acceptors (Lipinski definition) is 9. The highest BCUT2D eigenvalue weighted by molar-refractivity contribution is 7.90. The van der Waals surface area contributed by atoms with Gasteiger partial charge < -0.3 is 19.9 Å². The minimum atomic E-state index is -4.98. The number of hydrogen-bond donors (Lipinski definition) is 2. The van der Waals surface area contributed by atoms with Gasteiger partial charge >= 0.3 is 6.18 Å². The molecule has 1 saturated carbocycles. The van der Waals surface area contributed by atoms with E-state index in [1.165, 1.54) is 18.2 Å². The third kappa shape index (κ3) is 5.24. The molecule has 0 saturated heterocycles. The summed E-state index contributed by atoms with van der Waals surface area (Å²) in [4.78, 5) is 16.9. The van der Waals surface area contributed by atoms with Crippen LogP contribution in [0, 0.1) is 12.7 Å². The van der Waals surface area contributed by atoms with Crippen molar-refractivity contribution in [3.63, 3.8) is 0 Å². The second kappa shape index (κ2) is 9.47. The molecule has 4 rings (SSSR count). The molecule has 0 atom stereocenters. The molecule has 0 spiro atoms. The van der Waals surface area contributed by atoms with E-state index in [2.05, 4.69) is 20.5 Å². The Morgan fingerprint density at radius 2 is 1.87 bits per heavy atom. The number of nitrogens with one attached hydrogen (secondary N) is 1. The Balaban J connectivity index is 1.78. The van der Waals surface area contributed by atoms with Gasteiger partial charge in [0.25, 0.3) is 17.7 Å². The number of amides is 1. The highest BCUT2D eigenvalue weighted by Gasteiger charge is 2.46. The van der Waals surface area contributed by atoms with E-state index in [0.717, 1.165) is 32.6 Å². The molecule has 0 radical (unpaired) electrons. The van der Waals surface area contributed by atoms with E-state index in [9.17, 15) is 31.5 Å². The van der Waals surface area contributed by atoms with Crippen molar-refractivity contribution in [1.29, 1.82) is 0 Å². The van der Waals surface area contributed by atoms with E-state index in [1.54, 1.807) is 0 Å². The van der Waals surface area contributed by atoms with Gasteiger partial charge in [0.2, 0.25) is 5.75 Å². The predicted molar refractivity (Wildman–Crippen MR) is 123 cm³/mol. The number of methoxy groups -OCH3 is 1. The molecule has 1 aliphatic carbocycles. The number of aliphatic hydroxyl groups is 1. The number of nitrogens with zero attached hydrogens (tertiary/aromatic N) is 3. The van der Waals surface area contributed by atoms with E-state index >= 15 is 4.39 Å². The molecule has 1 aromatic carbocycles. The summed E-state index contributed by atoms with van der Waals surface area (Å²) in [5.74, 6) is -4.06. The number of benzene rings is 1. The quantitative estimate of drug-likeness (QED) is 0.416. The zero-order valence-electron chi connectivity index (χ0n) is 20.1. The maximum Gasteiger partial charge on any atom is 0.435 e. The van der Waals surface area contributed by atoms with Gasteiger partial charge in [-0.3, -0.25) is 4.79 Å². The highest BCUT2D eigenvalue weighted by Crippen LogP contribution is 2.48. The number of ether oxygens (including phenoxy) is 2. The predicted octanol–water partition coefficient (Wildman–Crippen LogP) is 3.78. The van der Waals surface area contributed by atoms with E-state index in [-0.39, 0.29) is 16.1 Å². The third-order valence-corrected chi connectivity index (χ3v) is 6.87. The number of aromatic nitrogens is 3. The topological polar surface area (TPSA) is 141 Å². The van der Waals surface area contributed by atoms with Crippen molar-refractivity contribution >= 4 is 21.4 Å². The highest BCUT2D eigenvalue weighted by atomic mass is 32.2. The van der Waals surface area contributed by atoms with Crippen LogP contribution in [0.3, 0.4) is 0 Å². The summed E-state index contributed by atoms with van der Waals surface area (Å²) < 4.78 is 89.8. The van der Waals surface area contributed by atoms with Crippen LogP contribution in [0.4, 0.5) is 23.2 Å². The number of alkyl halides is 3. The first-order chi connectivity index (χ1) is 17.7. The SMILES string of the molecule is COc1c(Oc2nnc(C(F)(F)F)c(C)c2C(=O)Nc2cccc(S(C)(=O)=O)c2)ncc(C2(O)CC2)c1F. The van der Waals surface area contributed by atoms with Gasteiger partial charge in [0.05, 0.1) is 17.6 Å². The largest absolute Gasteiger partial charge is 0.489 e. The van der Waals surface area contributed by atoms with Crippen LogP contribution in [0.5, 0.6) is 17.5 Å². The lowest BCUT2D eigenvalue weighted by Crippen LogP contribution is -2.21. The van der Waals surface area contributed by atoms with Crippen LogP contribution in [0.25, 0.3) is 0 Å². The first-order valence-corrected chi connectivity index (χ1v) is 12.7. The minimum Gasteiger partial charge on any atom is -0.489 e. The van der Waals surface area contributed by atoms with Crippen molar-refractivity contribution in [3.8, 4) is 17.5 Å². The summed E-state index contributed by atoms with van der Waals surface area (Å²) in [6, 6.07) is 5.04. The number of sulfone groups is 1. The second-order valence-corrected chi connectivity index (χ2v) is 10.6. The third-order valence-electron chi connectivity index (χ3n) is 5.76. The van der Waals surface area contributed by atoms with Crippen LogP contribution in [-0.2, 0) is 21.6 Å². The molecule has 1 amide bonds. The van der Waals surface area contributed by atoms with Gasteiger partial charge in [0.15, 0.2) is 21.3 Å². The van der Waals surface area contributed by atoms with Gasteiger partial charge in [-0.1, -0.05) is 6.07 Å². The molecule has 3 aromatic rings. The zero-order chi connectivity index (χ0) is 28.0. The van der Waals surface area contributed by atoms with Crippen LogP contribution < -0.4 is 14.8 Å². The lowest BCUT2D eigenvalue weighted by molar-refractivity contribution is -0.142. The fourth-order valence-electron chi connectivity index (χ4n) is 3.61. The van der Waals surface area contributed by atoms with E-state index in [0.29, 0.717) is 12.8 Å². The van der Waals surface area contributed by atoms with Crippen LogP contribution >= 0.6 is 0 Å². The summed E-state index contributed by atoms with van der Waals surface area (Å²) >= 11 is 0. The van der Waals surface area contributed by atoms with Gasteiger partial charge in [-0.25, -0.2) is 17.8 Å². The Bertz CT molecular complexity index is 1540. The first-order valence-electron chi connectivity index (χ1n) is 10.8. The van der Waals surface area contributed by atoms with Crippen LogP contribution in [-0.4, -0.2) is 48.0 Å². The van der Waals surface area contributed by atoms with E-state index < -0.39 is 67.7 Å². The van der Waals surface area contributed by atoms with Crippen molar-refractivity contribution in [1.82, 2.24) is 15.2 Å². The summed E-state index contributed by atoms with van der Waals surface area (Å²) in [5, 5.41) is 19.1. The monoisotopic (exact) mass is 556 g/mol. The fraction of sp³-hybridized carbons (Fsp3) is 0.304. The van der Waals surface area contributed by atoms with E-state index in [4.69, 9.17) is 9.47 Å². The molecule has 0 aliphatic heterocycles. The number of rotatable bonds is 7. The second-order valence-electron chi connectivity index (χ2n) is 8.56. The number of anilines is 1. The van der Waals surface area contributed by atoms with Gasteiger partial charge in [-0.2, -0.15) is 13.2 Å². The lowest BCUT2D eigenvalue weighted by atomic mass is 10.1. The maximum atomic E-state index is 15.0. The van der Waals surface area contributed by atoms with Crippen LogP contribution in [0.15, 0.2) is 35.4 Å². The molecule has 2 heterocycles. The number of pyridine rings is 1. The molecular weight excluding hydrogens is 536 g/mol. The minimum absolute atomic E-state index is 0.0440. The first kappa shape index (κ1) is 27.2. The molecule has 202 valence electrons. The summed E-state index contributed by atoms with van der Waals surface area (Å²) in [7, 11) is -2.57. The molecular formula is C23H20F4N4O6S. The fourth-order valence-corrected chi connectivity index (χ4v) is 4.28. The summed E-state index contributed by atoms with van der Waals surface area (Å²) in [5.41, 5.74) is -4.47. The normalized spacial score (nSPS) is 14.6. The Kier molecular flexibility index (Phi) is 6.78. The van der Waals surface area contributed by atoms with Crippen molar-refractivity contribution in [2.75, 3.05) is 18.7 Å². The summed E-state index contributed by atoms with van der Waals surface area (Å²) in [6.45, 7) is 0.961. The number of carbonyl (C=O) groups excluding carboxylic acids is 1. The maximum absolute atomic E-state index is 15.0. The molecule has 0 bridgehead atoms. The average molecular weight is 556 g/mol. The molecule has 1 aliphatic rings. The van der Waals surface area contributed by atoms with Gasteiger partial charge in [0, 0.05) is 23.7 Å². The molecule has 2 aromatic heterocycles. The van der Waals surface area contributed by atoms with E-state index in [1.807, 2.05) is 0 Å². The smallest absolute Gasteiger partial charge is 0.435 e. The molecule has 2 N–H and O–H groups in total. The number of halogens is 4. The van der Waals surface area contributed by atoms with Crippen molar-refractivity contribution in [2.24, 2.45) is 0 Å². The number of carbonyl (C=O) groups is 1. The Morgan fingerprint density at radius 3 is 2.45 bits per heavy atom.